The second kappa shape index (κ2) is 12.3. The molecule has 0 saturated heterocycles. The molecule has 0 aliphatic rings. The predicted octanol–water partition coefficient (Wildman–Crippen LogP) is 3.70. The maximum atomic E-state index is 5.71. The van der Waals surface area contributed by atoms with Crippen molar-refractivity contribution in [2.45, 2.75) is 33.4 Å². The summed E-state index contributed by atoms with van der Waals surface area (Å²) < 4.78 is 5.26. The van der Waals surface area contributed by atoms with Crippen LogP contribution in [-0.2, 0) is 13.1 Å². The van der Waals surface area contributed by atoms with E-state index < -0.39 is 0 Å². The lowest BCUT2D eigenvalue weighted by Crippen LogP contribution is -2.40. The van der Waals surface area contributed by atoms with Crippen molar-refractivity contribution in [3.63, 3.8) is 0 Å². The normalized spacial score (nSPS) is 10.7. The number of benzene rings is 1. The van der Waals surface area contributed by atoms with Crippen molar-refractivity contribution in [2.24, 2.45) is 0 Å². The Hall–Kier alpha value is -2.18. The third-order valence-corrected chi connectivity index (χ3v) is 5.14. The zero-order valence-electron chi connectivity index (χ0n) is 17.2. The summed E-state index contributed by atoms with van der Waals surface area (Å²) in [6.45, 7) is 10.0. The van der Waals surface area contributed by atoms with Gasteiger partial charge in [-0.3, -0.25) is 4.98 Å². The van der Waals surface area contributed by atoms with E-state index in [0.29, 0.717) is 0 Å². The summed E-state index contributed by atoms with van der Waals surface area (Å²) in [6, 6.07) is 12.2. The Morgan fingerprint density at radius 1 is 1.07 bits per heavy atom. The van der Waals surface area contributed by atoms with Crippen molar-refractivity contribution in [3.05, 3.63) is 59.9 Å². The molecule has 0 spiro atoms. The van der Waals surface area contributed by atoms with E-state index in [1.807, 2.05) is 24.4 Å². The summed E-state index contributed by atoms with van der Waals surface area (Å²) in [5.41, 5.74) is 2.33. The fourth-order valence-electron chi connectivity index (χ4n) is 3.01. The second-order valence-electron chi connectivity index (χ2n) is 6.68. The Morgan fingerprint density at radius 3 is 2.39 bits per heavy atom. The first kappa shape index (κ1) is 22.1. The topological polar surface area (TPSA) is 40.6 Å². The quantitative estimate of drug-likeness (QED) is 0.458. The van der Waals surface area contributed by atoms with E-state index in [1.165, 1.54) is 5.56 Å². The lowest BCUT2D eigenvalue weighted by molar-refractivity contribution is 0.299. The second-order valence-corrected chi connectivity index (χ2v) is 7.06. The number of rotatable bonds is 11. The molecular formula is C22H32N4OS. The fourth-order valence-corrected chi connectivity index (χ4v) is 3.24. The van der Waals surface area contributed by atoms with Crippen LogP contribution in [0.2, 0.25) is 0 Å². The van der Waals surface area contributed by atoms with Gasteiger partial charge in [-0.25, -0.2) is 0 Å². The van der Waals surface area contributed by atoms with Crippen LogP contribution >= 0.6 is 12.2 Å². The molecule has 0 unspecified atom stereocenters. The van der Waals surface area contributed by atoms with E-state index in [4.69, 9.17) is 17.0 Å². The molecule has 2 rings (SSSR count). The lowest BCUT2D eigenvalue weighted by atomic mass is 10.2. The summed E-state index contributed by atoms with van der Waals surface area (Å²) >= 11 is 5.71. The molecule has 1 aromatic carbocycles. The number of thiocarbonyl (C=S) groups is 1. The average Bonchev–Trinajstić information content (AvgIpc) is 2.74. The molecule has 0 amide bonds. The van der Waals surface area contributed by atoms with Gasteiger partial charge in [-0.15, -0.1) is 0 Å². The molecule has 1 N–H and O–H groups in total. The van der Waals surface area contributed by atoms with Gasteiger partial charge in [0.05, 0.1) is 7.11 Å². The number of hydrogen-bond acceptors (Lipinski definition) is 4. The van der Waals surface area contributed by atoms with Gasteiger partial charge in [-0.1, -0.05) is 32.0 Å². The molecule has 5 nitrogen and oxygen atoms in total. The van der Waals surface area contributed by atoms with Crippen molar-refractivity contribution in [1.29, 1.82) is 0 Å². The van der Waals surface area contributed by atoms with Crippen LogP contribution in [0.25, 0.3) is 0 Å². The van der Waals surface area contributed by atoms with Gasteiger partial charge >= 0.3 is 0 Å². The molecular weight excluding hydrogens is 368 g/mol. The molecule has 1 aromatic heterocycles. The highest BCUT2D eigenvalue weighted by atomic mass is 32.1. The summed E-state index contributed by atoms with van der Waals surface area (Å²) in [7, 11) is 1.68. The van der Waals surface area contributed by atoms with E-state index in [2.05, 4.69) is 52.1 Å². The minimum absolute atomic E-state index is 0.724. The van der Waals surface area contributed by atoms with Crippen LogP contribution in [0.4, 0.5) is 0 Å². The number of ether oxygens (including phenoxy) is 1. The number of methoxy groups -OCH3 is 1. The van der Waals surface area contributed by atoms with Gasteiger partial charge in [0, 0.05) is 32.0 Å². The van der Waals surface area contributed by atoms with E-state index in [1.54, 1.807) is 13.3 Å². The van der Waals surface area contributed by atoms with Gasteiger partial charge in [-0.05, 0) is 67.6 Å². The molecule has 0 aliphatic carbocycles. The van der Waals surface area contributed by atoms with Crippen molar-refractivity contribution >= 4 is 17.3 Å². The lowest BCUT2D eigenvalue weighted by Gasteiger charge is -2.26. The number of hydrogen-bond donors (Lipinski definition) is 1. The number of pyridine rings is 1. The smallest absolute Gasteiger partial charge is 0.169 e. The first-order chi connectivity index (χ1) is 13.7. The van der Waals surface area contributed by atoms with Gasteiger partial charge in [0.25, 0.3) is 0 Å². The summed E-state index contributed by atoms with van der Waals surface area (Å²) in [5.74, 6) is 0.861. The molecule has 1 heterocycles. The Balaban J connectivity index is 1.97. The van der Waals surface area contributed by atoms with Crippen molar-refractivity contribution in [3.8, 4) is 5.75 Å². The maximum Gasteiger partial charge on any atom is 0.169 e. The highest BCUT2D eigenvalue weighted by Crippen LogP contribution is 2.15. The number of aromatic nitrogens is 1. The molecule has 0 fully saturated rings. The summed E-state index contributed by atoms with van der Waals surface area (Å²) in [5, 5.41) is 4.21. The minimum Gasteiger partial charge on any atom is -0.497 e. The van der Waals surface area contributed by atoms with Gasteiger partial charge in [0.15, 0.2) is 5.11 Å². The largest absolute Gasteiger partial charge is 0.497 e. The highest BCUT2D eigenvalue weighted by Gasteiger charge is 2.12. The number of nitrogens with one attached hydrogen (secondary N) is 1. The molecule has 152 valence electrons. The first-order valence-electron chi connectivity index (χ1n) is 9.93. The average molecular weight is 401 g/mol. The Bertz CT molecular complexity index is 689. The number of nitrogens with zero attached hydrogens (tertiary/aromatic N) is 3. The molecule has 6 heteroatoms. The Morgan fingerprint density at radius 2 is 1.79 bits per heavy atom. The molecule has 0 bridgehead atoms. The third-order valence-electron chi connectivity index (χ3n) is 4.74. The van der Waals surface area contributed by atoms with Crippen LogP contribution in [0.3, 0.4) is 0 Å². The Labute approximate surface area is 174 Å². The van der Waals surface area contributed by atoms with Crippen LogP contribution in [0.1, 0.15) is 31.4 Å². The van der Waals surface area contributed by atoms with Gasteiger partial charge < -0.3 is 19.9 Å². The van der Waals surface area contributed by atoms with Crippen molar-refractivity contribution in [2.75, 3.05) is 33.3 Å². The predicted molar refractivity (Wildman–Crippen MR) is 119 cm³/mol. The maximum absolute atomic E-state index is 5.71. The Kier molecular flexibility index (Phi) is 9.72. The van der Waals surface area contributed by atoms with E-state index in [9.17, 15) is 0 Å². The van der Waals surface area contributed by atoms with E-state index in [0.717, 1.165) is 62.1 Å². The standard InChI is InChI=1S/C22H32N4OS/c1-4-25(5-2)15-7-14-24-22(28)26(18-20-8-6-13-23-16-20)17-19-9-11-21(27-3)12-10-19/h6,8-13,16H,4-5,7,14-15,17-18H2,1-3H3,(H,24,28). The van der Waals surface area contributed by atoms with E-state index >= 15 is 0 Å². The minimum atomic E-state index is 0.724. The summed E-state index contributed by atoms with van der Waals surface area (Å²) in [6.07, 6.45) is 4.76. The monoisotopic (exact) mass is 400 g/mol. The third kappa shape index (κ3) is 7.44. The van der Waals surface area contributed by atoms with Crippen LogP contribution in [0, 0.1) is 0 Å². The van der Waals surface area contributed by atoms with E-state index in [-0.39, 0.29) is 0 Å². The van der Waals surface area contributed by atoms with Gasteiger partial charge in [0.2, 0.25) is 0 Å². The highest BCUT2D eigenvalue weighted by molar-refractivity contribution is 7.80. The zero-order valence-corrected chi connectivity index (χ0v) is 18.0. The fraction of sp³-hybridized carbons (Fsp3) is 0.455. The van der Waals surface area contributed by atoms with Gasteiger partial charge in [-0.2, -0.15) is 0 Å². The van der Waals surface area contributed by atoms with Crippen LogP contribution < -0.4 is 10.1 Å². The molecule has 2 aromatic rings. The summed E-state index contributed by atoms with van der Waals surface area (Å²) in [4.78, 5) is 8.84. The SMILES string of the molecule is CCN(CC)CCCNC(=S)N(Cc1ccc(OC)cc1)Cc1cccnc1. The first-order valence-corrected chi connectivity index (χ1v) is 10.3. The molecule has 0 saturated carbocycles. The van der Waals surface area contributed by atoms with Crippen molar-refractivity contribution in [1.82, 2.24) is 20.1 Å². The van der Waals surface area contributed by atoms with Crippen molar-refractivity contribution < 1.29 is 4.74 Å². The van der Waals surface area contributed by atoms with Crippen LogP contribution in [0.15, 0.2) is 48.8 Å². The van der Waals surface area contributed by atoms with Gasteiger partial charge in [0.1, 0.15) is 5.75 Å². The molecule has 28 heavy (non-hydrogen) atoms. The van der Waals surface area contributed by atoms with Crippen LogP contribution in [0.5, 0.6) is 5.75 Å². The molecule has 0 aliphatic heterocycles. The molecule has 0 atom stereocenters. The van der Waals surface area contributed by atoms with Crippen LogP contribution in [-0.4, -0.2) is 53.2 Å². The zero-order chi connectivity index (χ0) is 20.2. The molecule has 0 radical (unpaired) electrons.